The minimum absolute atomic E-state index is 0.113. The van der Waals surface area contributed by atoms with Crippen molar-refractivity contribution in [2.75, 3.05) is 0 Å². The van der Waals surface area contributed by atoms with E-state index in [2.05, 4.69) is 47.8 Å². The minimum Gasteiger partial charge on any atom is -0.392 e. The Balaban J connectivity index is 1.74. The normalized spacial score (nSPS) is 17.0. The first-order valence-electron chi connectivity index (χ1n) is 7.82. The van der Waals surface area contributed by atoms with Crippen molar-refractivity contribution in [2.24, 2.45) is 0 Å². The van der Waals surface area contributed by atoms with Crippen LogP contribution in [0, 0.1) is 0 Å². The summed E-state index contributed by atoms with van der Waals surface area (Å²) in [7, 11) is 0. The SMILES string of the molecule is OCc1ccc(CNC2(c3ccccc3)CCCC2)cc1. The summed E-state index contributed by atoms with van der Waals surface area (Å²) in [5.74, 6) is 0. The number of hydrogen-bond acceptors (Lipinski definition) is 2. The fourth-order valence-corrected chi connectivity index (χ4v) is 3.34. The molecule has 0 radical (unpaired) electrons. The summed E-state index contributed by atoms with van der Waals surface area (Å²) in [4.78, 5) is 0. The van der Waals surface area contributed by atoms with E-state index < -0.39 is 0 Å². The van der Waals surface area contributed by atoms with Crippen molar-refractivity contribution in [3.63, 3.8) is 0 Å². The van der Waals surface area contributed by atoms with Crippen LogP contribution >= 0.6 is 0 Å². The molecule has 1 aliphatic carbocycles. The number of aliphatic hydroxyl groups is 1. The van der Waals surface area contributed by atoms with Crippen molar-refractivity contribution in [3.05, 3.63) is 71.3 Å². The molecule has 0 heterocycles. The van der Waals surface area contributed by atoms with E-state index in [0.29, 0.717) is 0 Å². The maximum Gasteiger partial charge on any atom is 0.0681 e. The highest BCUT2D eigenvalue weighted by atomic mass is 16.3. The molecule has 3 rings (SSSR count). The molecule has 110 valence electrons. The van der Waals surface area contributed by atoms with Crippen molar-refractivity contribution in [2.45, 2.75) is 44.4 Å². The zero-order valence-electron chi connectivity index (χ0n) is 12.4. The van der Waals surface area contributed by atoms with Gasteiger partial charge < -0.3 is 10.4 Å². The van der Waals surface area contributed by atoms with E-state index in [0.717, 1.165) is 12.1 Å². The molecule has 0 atom stereocenters. The van der Waals surface area contributed by atoms with Gasteiger partial charge in [0, 0.05) is 12.1 Å². The molecule has 0 unspecified atom stereocenters. The summed E-state index contributed by atoms with van der Waals surface area (Å²) < 4.78 is 0. The van der Waals surface area contributed by atoms with E-state index in [9.17, 15) is 0 Å². The fourth-order valence-electron chi connectivity index (χ4n) is 3.34. The third-order valence-corrected chi connectivity index (χ3v) is 4.62. The zero-order valence-corrected chi connectivity index (χ0v) is 12.4. The highest BCUT2D eigenvalue weighted by molar-refractivity contribution is 5.27. The fraction of sp³-hybridized carbons (Fsp3) is 0.368. The van der Waals surface area contributed by atoms with E-state index in [1.54, 1.807) is 0 Å². The van der Waals surface area contributed by atoms with Gasteiger partial charge in [-0.1, -0.05) is 67.4 Å². The second-order valence-corrected chi connectivity index (χ2v) is 5.98. The van der Waals surface area contributed by atoms with Crippen molar-refractivity contribution in [1.82, 2.24) is 5.32 Å². The number of benzene rings is 2. The average Bonchev–Trinajstić information content (AvgIpc) is 3.04. The highest BCUT2D eigenvalue weighted by Gasteiger charge is 2.34. The van der Waals surface area contributed by atoms with Crippen molar-refractivity contribution in [1.29, 1.82) is 0 Å². The molecule has 1 aliphatic rings. The monoisotopic (exact) mass is 281 g/mol. The Labute approximate surface area is 126 Å². The van der Waals surface area contributed by atoms with Crippen molar-refractivity contribution in [3.8, 4) is 0 Å². The molecule has 0 aliphatic heterocycles. The number of nitrogens with one attached hydrogen (secondary N) is 1. The molecule has 2 N–H and O–H groups in total. The first-order chi connectivity index (χ1) is 10.3. The number of aliphatic hydroxyl groups excluding tert-OH is 1. The van der Waals surface area contributed by atoms with Crippen LogP contribution in [0.5, 0.6) is 0 Å². The summed E-state index contributed by atoms with van der Waals surface area (Å²) in [6.45, 7) is 0.988. The largest absolute Gasteiger partial charge is 0.392 e. The van der Waals surface area contributed by atoms with Gasteiger partial charge >= 0.3 is 0 Å². The van der Waals surface area contributed by atoms with E-state index >= 15 is 0 Å². The van der Waals surface area contributed by atoms with Crippen LogP contribution < -0.4 is 5.32 Å². The third kappa shape index (κ3) is 3.17. The van der Waals surface area contributed by atoms with E-state index in [1.807, 2.05) is 12.1 Å². The minimum atomic E-state index is 0.113. The summed E-state index contributed by atoms with van der Waals surface area (Å²) in [6, 6.07) is 19.0. The van der Waals surface area contributed by atoms with Crippen LogP contribution in [0.25, 0.3) is 0 Å². The smallest absolute Gasteiger partial charge is 0.0681 e. The third-order valence-electron chi connectivity index (χ3n) is 4.62. The molecule has 0 spiro atoms. The van der Waals surface area contributed by atoms with Crippen molar-refractivity contribution < 1.29 is 5.11 Å². The first kappa shape index (κ1) is 14.3. The summed E-state index contributed by atoms with van der Waals surface area (Å²) >= 11 is 0. The predicted molar refractivity (Wildman–Crippen MR) is 85.8 cm³/mol. The molecule has 0 amide bonds. The van der Waals surface area contributed by atoms with E-state index in [-0.39, 0.29) is 12.1 Å². The van der Waals surface area contributed by atoms with Crippen LogP contribution in [0.1, 0.15) is 42.4 Å². The molecule has 0 bridgehead atoms. The summed E-state index contributed by atoms with van der Waals surface area (Å²) in [6.07, 6.45) is 5.02. The molecule has 1 saturated carbocycles. The molecule has 0 saturated heterocycles. The van der Waals surface area contributed by atoms with Crippen molar-refractivity contribution >= 4 is 0 Å². The lowest BCUT2D eigenvalue weighted by atomic mass is 9.88. The Morgan fingerprint density at radius 1 is 0.857 bits per heavy atom. The van der Waals surface area contributed by atoms with Crippen LogP contribution in [0.3, 0.4) is 0 Å². The molecule has 2 nitrogen and oxygen atoms in total. The van der Waals surface area contributed by atoms with Crippen LogP contribution in [0.2, 0.25) is 0 Å². The molecule has 0 aromatic heterocycles. The molecule has 2 aromatic carbocycles. The van der Waals surface area contributed by atoms with Crippen LogP contribution in [0.15, 0.2) is 54.6 Å². The molecular weight excluding hydrogens is 258 g/mol. The lowest BCUT2D eigenvalue weighted by Gasteiger charge is -2.31. The van der Waals surface area contributed by atoms with Gasteiger partial charge in [-0.05, 0) is 29.5 Å². The van der Waals surface area contributed by atoms with Gasteiger partial charge in [-0.15, -0.1) is 0 Å². The first-order valence-corrected chi connectivity index (χ1v) is 7.82. The number of rotatable bonds is 5. The molecular formula is C19H23NO. The Hall–Kier alpha value is -1.64. The van der Waals surface area contributed by atoms with Crippen LogP contribution in [0.4, 0.5) is 0 Å². The Bertz CT molecular complexity index is 556. The van der Waals surface area contributed by atoms with Gasteiger partial charge in [0.05, 0.1) is 6.61 Å². The molecule has 1 fully saturated rings. The van der Waals surface area contributed by atoms with Gasteiger partial charge in [-0.2, -0.15) is 0 Å². The Morgan fingerprint density at radius 3 is 2.10 bits per heavy atom. The van der Waals surface area contributed by atoms with Gasteiger partial charge in [0.1, 0.15) is 0 Å². The highest BCUT2D eigenvalue weighted by Crippen LogP contribution is 2.38. The Morgan fingerprint density at radius 2 is 1.48 bits per heavy atom. The zero-order chi connectivity index (χ0) is 14.5. The van der Waals surface area contributed by atoms with E-state index in [1.165, 1.54) is 36.8 Å². The van der Waals surface area contributed by atoms with Crippen LogP contribution in [-0.2, 0) is 18.7 Å². The molecule has 2 aromatic rings. The lowest BCUT2D eigenvalue weighted by Crippen LogP contribution is -2.39. The predicted octanol–water partition coefficient (Wildman–Crippen LogP) is 3.74. The second-order valence-electron chi connectivity index (χ2n) is 5.98. The maximum atomic E-state index is 9.11. The molecule has 21 heavy (non-hydrogen) atoms. The quantitative estimate of drug-likeness (QED) is 0.875. The number of hydrogen-bond donors (Lipinski definition) is 2. The summed E-state index contributed by atoms with van der Waals surface area (Å²) in [5, 5.41) is 12.9. The standard InChI is InChI=1S/C19H23NO/c21-15-17-10-8-16(9-11-17)14-20-19(12-4-5-13-19)18-6-2-1-3-7-18/h1-3,6-11,20-21H,4-5,12-15H2. The second kappa shape index (κ2) is 6.42. The molecule has 2 heteroatoms. The van der Waals surface area contributed by atoms with Gasteiger partial charge in [0.2, 0.25) is 0 Å². The Kier molecular flexibility index (Phi) is 4.37. The van der Waals surface area contributed by atoms with Gasteiger partial charge in [-0.25, -0.2) is 0 Å². The van der Waals surface area contributed by atoms with Gasteiger partial charge in [-0.3, -0.25) is 0 Å². The van der Waals surface area contributed by atoms with Gasteiger partial charge in [0.15, 0.2) is 0 Å². The maximum absolute atomic E-state index is 9.11. The lowest BCUT2D eigenvalue weighted by molar-refractivity contribution is 0.282. The topological polar surface area (TPSA) is 32.3 Å². The average molecular weight is 281 g/mol. The van der Waals surface area contributed by atoms with E-state index in [4.69, 9.17) is 5.11 Å². The van der Waals surface area contributed by atoms with Crippen LogP contribution in [-0.4, -0.2) is 5.11 Å². The van der Waals surface area contributed by atoms with Gasteiger partial charge in [0.25, 0.3) is 0 Å². The summed E-state index contributed by atoms with van der Waals surface area (Å²) in [5.41, 5.74) is 3.79.